The summed E-state index contributed by atoms with van der Waals surface area (Å²) in [4.78, 5) is 13.1. The molecule has 1 aliphatic rings. The number of hydrogen-bond donors (Lipinski definition) is 3. The van der Waals surface area contributed by atoms with Crippen LogP contribution in [0.3, 0.4) is 0 Å². The van der Waals surface area contributed by atoms with Gasteiger partial charge in [-0.1, -0.05) is 60.7 Å². The van der Waals surface area contributed by atoms with Crippen LogP contribution in [-0.4, -0.2) is 82.1 Å². The highest BCUT2D eigenvalue weighted by molar-refractivity contribution is 6.03. The highest BCUT2D eigenvalue weighted by Gasteiger charge is 2.20. The standard InChI is InChI=1S/C35H39NO8/c1-24-20-29-27-8-4-2-6-25(27)22-31(33(29)37)35(39)36-10-11-40-12-13-41-14-15-42-16-17-43-18-19-44-32-23-26-7-3-5-9-28(26)30(21-24)34(32)38/h2-9,22-23,37-38H,1,10-21H2,(H,36,39). The summed E-state index contributed by atoms with van der Waals surface area (Å²) < 4.78 is 28.2. The number of hydrogen-bond acceptors (Lipinski definition) is 8. The lowest BCUT2D eigenvalue weighted by Crippen LogP contribution is -2.28. The van der Waals surface area contributed by atoms with Gasteiger partial charge in [0.25, 0.3) is 5.91 Å². The second-order valence-electron chi connectivity index (χ2n) is 10.6. The third-order valence-corrected chi connectivity index (χ3v) is 7.45. The fourth-order valence-corrected chi connectivity index (χ4v) is 5.30. The van der Waals surface area contributed by atoms with Crippen molar-refractivity contribution in [3.05, 3.63) is 89.5 Å². The van der Waals surface area contributed by atoms with Crippen molar-refractivity contribution in [2.75, 3.05) is 66.0 Å². The predicted molar refractivity (Wildman–Crippen MR) is 169 cm³/mol. The van der Waals surface area contributed by atoms with Crippen LogP contribution in [0.5, 0.6) is 17.2 Å². The van der Waals surface area contributed by atoms with E-state index in [-0.39, 0.29) is 30.2 Å². The number of carbonyl (C=O) groups is 1. The van der Waals surface area contributed by atoms with E-state index in [0.717, 1.165) is 27.1 Å². The number of nitrogens with one attached hydrogen (secondary N) is 1. The molecule has 0 fully saturated rings. The topological polar surface area (TPSA) is 116 Å². The Labute approximate surface area is 256 Å². The van der Waals surface area contributed by atoms with Gasteiger partial charge in [-0.25, -0.2) is 0 Å². The number of fused-ring (bicyclic) bond motifs is 8. The van der Waals surface area contributed by atoms with E-state index < -0.39 is 5.91 Å². The van der Waals surface area contributed by atoms with Crippen molar-refractivity contribution in [2.45, 2.75) is 12.8 Å². The zero-order chi connectivity index (χ0) is 30.7. The Hall–Kier alpha value is -4.15. The van der Waals surface area contributed by atoms with Crippen LogP contribution in [0.2, 0.25) is 0 Å². The van der Waals surface area contributed by atoms with Crippen molar-refractivity contribution in [3.63, 3.8) is 0 Å². The molecule has 4 aromatic rings. The summed E-state index contributed by atoms with van der Waals surface area (Å²) in [6.07, 6.45) is 0.633. The van der Waals surface area contributed by atoms with Gasteiger partial charge in [-0.3, -0.25) is 4.79 Å². The SMILES string of the molecule is C=C1Cc2c(O)c(cc3ccccc23)OCCOCCOCCOCCOCCNC(=O)c2cc3ccccc3c(c2O)C1. The van der Waals surface area contributed by atoms with Crippen LogP contribution < -0.4 is 10.1 Å². The number of ether oxygens (including phenoxy) is 5. The number of allylic oxidation sites excluding steroid dienone is 1. The lowest BCUT2D eigenvalue weighted by Gasteiger charge is -2.18. The summed E-state index contributed by atoms with van der Waals surface area (Å²) in [5.74, 6) is -0.0811. The molecule has 9 heteroatoms. The largest absolute Gasteiger partial charge is 0.507 e. The lowest BCUT2D eigenvalue weighted by atomic mass is 9.91. The second-order valence-corrected chi connectivity index (χ2v) is 10.6. The fourth-order valence-electron chi connectivity index (χ4n) is 5.30. The maximum atomic E-state index is 13.1. The molecule has 1 amide bonds. The Morgan fingerprint density at radius 1 is 0.636 bits per heavy atom. The molecule has 4 aromatic carbocycles. The minimum Gasteiger partial charge on any atom is -0.507 e. The molecule has 0 radical (unpaired) electrons. The van der Waals surface area contributed by atoms with Gasteiger partial charge < -0.3 is 39.2 Å². The van der Waals surface area contributed by atoms with Crippen LogP contribution in [0.15, 0.2) is 72.8 Å². The van der Waals surface area contributed by atoms with E-state index in [1.165, 1.54) is 0 Å². The summed E-state index contributed by atoms with van der Waals surface area (Å²) in [6.45, 7) is 8.00. The quantitative estimate of drug-likeness (QED) is 0.243. The van der Waals surface area contributed by atoms with Gasteiger partial charge in [0.1, 0.15) is 12.4 Å². The molecule has 0 saturated carbocycles. The van der Waals surface area contributed by atoms with Gasteiger partial charge in [0, 0.05) is 17.7 Å². The number of benzene rings is 4. The zero-order valence-electron chi connectivity index (χ0n) is 24.8. The molecule has 0 aliphatic carbocycles. The molecule has 0 unspecified atom stereocenters. The number of aromatic hydroxyl groups is 2. The molecule has 0 aromatic heterocycles. The normalized spacial score (nSPS) is 17.2. The number of rotatable bonds is 0. The molecule has 0 atom stereocenters. The van der Waals surface area contributed by atoms with Gasteiger partial charge in [-0.2, -0.15) is 0 Å². The monoisotopic (exact) mass is 601 g/mol. The molecule has 4 bridgehead atoms. The van der Waals surface area contributed by atoms with Crippen molar-refractivity contribution >= 4 is 27.5 Å². The van der Waals surface area contributed by atoms with E-state index in [1.807, 2.05) is 54.6 Å². The van der Waals surface area contributed by atoms with Crippen molar-refractivity contribution in [3.8, 4) is 17.2 Å². The van der Waals surface area contributed by atoms with Crippen LogP contribution in [0.4, 0.5) is 0 Å². The van der Waals surface area contributed by atoms with Crippen LogP contribution in [0, 0.1) is 0 Å². The highest BCUT2D eigenvalue weighted by atomic mass is 16.6. The molecule has 3 N–H and O–H groups in total. The Morgan fingerprint density at radius 3 is 1.75 bits per heavy atom. The number of phenols is 2. The van der Waals surface area contributed by atoms with Crippen LogP contribution >= 0.6 is 0 Å². The summed E-state index contributed by atoms with van der Waals surface area (Å²) >= 11 is 0. The van der Waals surface area contributed by atoms with Crippen molar-refractivity contribution < 1.29 is 38.7 Å². The summed E-state index contributed by atoms with van der Waals surface area (Å²) in [7, 11) is 0. The molecule has 9 nitrogen and oxygen atoms in total. The molecule has 5 rings (SSSR count). The first-order chi connectivity index (χ1) is 21.5. The smallest absolute Gasteiger partial charge is 0.255 e. The van der Waals surface area contributed by atoms with Crippen LogP contribution in [0.25, 0.3) is 21.5 Å². The molecule has 0 saturated heterocycles. The lowest BCUT2D eigenvalue weighted by molar-refractivity contribution is -0.00428. The Balaban J connectivity index is 1.43. The minimum absolute atomic E-state index is 0.0408. The van der Waals surface area contributed by atoms with Crippen molar-refractivity contribution in [2.24, 2.45) is 0 Å². The first kappa shape index (κ1) is 31.3. The Bertz CT molecular complexity index is 1600. The van der Waals surface area contributed by atoms with Gasteiger partial charge in [-0.15, -0.1) is 0 Å². The van der Waals surface area contributed by atoms with E-state index in [4.69, 9.17) is 23.7 Å². The van der Waals surface area contributed by atoms with Crippen LogP contribution in [-0.2, 0) is 31.8 Å². The van der Waals surface area contributed by atoms with Crippen LogP contribution in [0.1, 0.15) is 21.5 Å². The number of carbonyl (C=O) groups excluding carboxylic acids is 1. The fraction of sp³-hybridized carbons (Fsp3) is 0.343. The zero-order valence-corrected chi connectivity index (χ0v) is 24.8. The first-order valence-electron chi connectivity index (χ1n) is 14.9. The summed E-state index contributed by atoms with van der Waals surface area (Å²) in [5, 5.41) is 29.0. The molecule has 1 aliphatic heterocycles. The average Bonchev–Trinajstić information content (AvgIpc) is 3.03. The van der Waals surface area contributed by atoms with E-state index in [1.54, 1.807) is 6.07 Å². The van der Waals surface area contributed by atoms with Gasteiger partial charge in [0.05, 0.1) is 58.4 Å². The Kier molecular flexibility index (Phi) is 11.0. The third kappa shape index (κ3) is 7.86. The van der Waals surface area contributed by atoms with Gasteiger partial charge >= 0.3 is 0 Å². The number of phenolic OH excluding ortho intramolecular Hbond substituents is 2. The predicted octanol–water partition coefficient (Wildman–Crippen LogP) is 4.93. The molecule has 44 heavy (non-hydrogen) atoms. The number of amides is 1. The average molecular weight is 602 g/mol. The summed E-state index contributed by atoms with van der Waals surface area (Å²) in [5.41, 5.74) is 2.22. The van der Waals surface area contributed by atoms with E-state index in [9.17, 15) is 15.0 Å². The molecule has 232 valence electrons. The van der Waals surface area contributed by atoms with Crippen molar-refractivity contribution in [1.82, 2.24) is 5.32 Å². The van der Waals surface area contributed by atoms with Gasteiger partial charge in [0.2, 0.25) is 0 Å². The van der Waals surface area contributed by atoms with E-state index in [2.05, 4.69) is 11.9 Å². The van der Waals surface area contributed by atoms with Crippen molar-refractivity contribution in [1.29, 1.82) is 0 Å². The molecule has 0 spiro atoms. The van der Waals surface area contributed by atoms with Gasteiger partial charge in [-0.05, 0) is 46.5 Å². The Morgan fingerprint density at radius 2 is 1.14 bits per heavy atom. The third-order valence-electron chi connectivity index (χ3n) is 7.45. The molecular weight excluding hydrogens is 562 g/mol. The molecule has 1 heterocycles. The first-order valence-corrected chi connectivity index (χ1v) is 14.9. The maximum absolute atomic E-state index is 13.1. The van der Waals surface area contributed by atoms with Gasteiger partial charge in [0.15, 0.2) is 11.5 Å². The summed E-state index contributed by atoms with van der Waals surface area (Å²) in [6, 6.07) is 18.9. The molecular formula is C35H39NO8. The highest BCUT2D eigenvalue weighted by Crippen LogP contribution is 2.39. The maximum Gasteiger partial charge on any atom is 0.255 e. The van der Waals surface area contributed by atoms with E-state index in [0.29, 0.717) is 82.6 Å². The second kappa shape index (κ2) is 15.5. The minimum atomic E-state index is -0.393. The van der Waals surface area contributed by atoms with E-state index >= 15 is 0 Å².